The number of hydrogen-bond donors (Lipinski definition) is 2. The minimum absolute atomic E-state index is 0.245. The Morgan fingerprint density at radius 3 is 1.71 bits per heavy atom. The number of carbonyl (C=O) groups is 2. The van der Waals surface area contributed by atoms with Crippen molar-refractivity contribution in [3.05, 3.63) is 76.9 Å². The molecule has 0 heterocycles. The minimum Gasteiger partial charge on any atom is -0.493 e. The monoisotopic (exact) mass is 817 g/mol. The molecule has 2 atom stereocenters. The number of benzene rings is 2. The maximum atomic E-state index is 12.3. The lowest BCUT2D eigenvalue weighted by Crippen LogP contribution is -2.46. The highest BCUT2D eigenvalue weighted by atomic mass is 16.5. The first-order valence-electron chi connectivity index (χ1n) is 22.7. The summed E-state index contributed by atoms with van der Waals surface area (Å²) in [6.07, 6.45) is 12.7. The molecule has 7 heteroatoms. The summed E-state index contributed by atoms with van der Waals surface area (Å²) in [4.78, 5) is 24.5. The summed E-state index contributed by atoms with van der Waals surface area (Å²) < 4.78 is 17.8. The third-order valence-corrected chi connectivity index (χ3v) is 12.2. The summed E-state index contributed by atoms with van der Waals surface area (Å²) in [5.74, 6) is 1.00. The van der Waals surface area contributed by atoms with Gasteiger partial charge in [-0.15, -0.1) is 0 Å². The smallest absolute Gasteiger partial charge is 0.333 e. The van der Waals surface area contributed by atoms with Crippen LogP contribution in [0.15, 0.2) is 54.6 Å². The number of esters is 2. The Morgan fingerprint density at radius 2 is 1.25 bits per heavy atom. The number of aliphatic hydroxyl groups is 2. The Bertz CT molecular complexity index is 1590. The molecule has 1 fully saturated rings. The molecule has 0 spiro atoms. The lowest BCUT2D eigenvalue weighted by molar-refractivity contribution is -0.139. The van der Waals surface area contributed by atoms with E-state index in [0.29, 0.717) is 49.2 Å². The topological polar surface area (TPSA) is 102 Å². The summed E-state index contributed by atoms with van der Waals surface area (Å²) in [6, 6.07) is 11.5. The molecular weight excluding hydrogens is 737 g/mol. The molecule has 1 aliphatic rings. The first-order chi connectivity index (χ1) is 27.8. The molecule has 0 aliphatic heterocycles. The zero-order valence-electron chi connectivity index (χ0n) is 38.6. The summed E-state index contributed by atoms with van der Waals surface area (Å²) in [7, 11) is 0. The molecule has 2 N–H and O–H groups in total. The van der Waals surface area contributed by atoms with Crippen molar-refractivity contribution in [1.29, 1.82) is 0 Å². The van der Waals surface area contributed by atoms with Crippen LogP contribution in [0.3, 0.4) is 0 Å². The molecular formula is C52H80O7. The molecule has 0 saturated heterocycles. The molecule has 59 heavy (non-hydrogen) atoms. The van der Waals surface area contributed by atoms with E-state index >= 15 is 0 Å². The fraction of sp³-hybridized carbons (Fsp3) is 0.654. The van der Waals surface area contributed by atoms with Crippen molar-refractivity contribution in [2.45, 2.75) is 177 Å². The van der Waals surface area contributed by atoms with Crippen molar-refractivity contribution in [2.24, 2.45) is 22.7 Å². The van der Waals surface area contributed by atoms with Crippen LogP contribution >= 0.6 is 0 Å². The van der Waals surface area contributed by atoms with Crippen molar-refractivity contribution in [3.63, 3.8) is 0 Å². The van der Waals surface area contributed by atoms with Gasteiger partial charge in [-0.3, -0.25) is 0 Å². The van der Waals surface area contributed by atoms with Crippen molar-refractivity contribution in [1.82, 2.24) is 0 Å². The zero-order chi connectivity index (χ0) is 43.9. The van der Waals surface area contributed by atoms with Crippen LogP contribution in [-0.4, -0.2) is 54.2 Å². The number of aliphatic hydroxyl groups excluding tert-OH is 2. The Hall–Kier alpha value is -3.42. The Balaban J connectivity index is 2.04. The van der Waals surface area contributed by atoms with Crippen molar-refractivity contribution in [3.8, 4) is 16.9 Å². The van der Waals surface area contributed by atoms with Gasteiger partial charge in [0.1, 0.15) is 5.75 Å². The lowest BCUT2D eigenvalue weighted by atomic mass is 9.71. The molecule has 330 valence electrons. The predicted octanol–water partition coefficient (Wildman–Crippen LogP) is 12.1. The van der Waals surface area contributed by atoms with Gasteiger partial charge in [0.25, 0.3) is 0 Å². The highest BCUT2D eigenvalue weighted by Gasteiger charge is 2.39. The van der Waals surface area contributed by atoms with Crippen molar-refractivity contribution < 1.29 is 34.0 Å². The van der Waals surface area contributed by atoms with Gasteiger partial charge in [0.2, 0.25) is 0 Å². The van der Waals surface area contributed by atoms with Crippen LogP contribution in [0.5, 0.6) is 5.75 Å². The quantitative estimate of drug-likeness (QED) is 0.0654. The van der Waals surface area contributed by atoms with Crippen LogP contribution in [-0.2, 0) is 38.3 Å². The highest BCUT2D eigenvalue weighted by molar-refractivity contribution is 5.87. The van der Waals surface area contributed by atoms with E-state index in [1.165, 1.54) is 68.1 Å². The van der Waals surface area contributed by atoms with E-state index in [1.807, 2.05) is 41.5 Å². The Labute approximate surface area is 358 Å². The van der Waals surface area contributed by atoms with Crippen LogP contribution in [0, 0.1) is 22.7 Å². The normalized spacial score (nSPS) is 17.5. The summed E-state index contributed by atoms with van der Waals surface area (Å²) in [6.45, 7) is 28.0. The van der Waals surface area contributed by atoms with E-state index in [-0.39, 0.29) is 19.8 Å². The van der Waals surface area contributed by atoms with E-state index in [0.717, 1.165) is 34.8 Å². The molecule has 2 unspecified atom stereocenters. The van der Waals surface area contributed by atoms with Crippen molar-refractivity contribution >= 4 is 11.9 Å². The molecule has 0 aromatic heterocycles. The number of unbranched alkanes of at least 4 members (excludes halogenated alkanes) is 2. The van der Waals surface area contributed by atoms with E-state index in [4.69, 9.17) is 14.2 Å². The minimum atomic E-state index is -0.746. The molecule has 0 radical (unpaired) electrons. The second-order valence-corrected chi connectivity index (χ2v) is 19.6. The van der Waals surface area contributed by atoms with Gasteiger partial charge in [-0.25, -0.2) is 9.59 Å². The zero-order valence-corrected chi connectivity index (χ0v) is 38.6. The average molecular weight is 817 g/mol. The van der Waals surface area contributed by atoms with E-state index in [1.54, 1.807) is 13.8 Å². The molecule has 0 bridgehead atoms. The SMILES string of the molecule is C=C(C)C(=O)OCCCc1cc(-c2ccc(C3CCC(CCCCC)CC3)cc2CC)cc(CCCOC(=O)C(=C)C)c1OCCC(C(O)C(C)(C)C)C(O)C(C)(C)C. The van der Waals surface area contributed by atoms with Gasteiger partial charge in [0, 0.05) is 17.1 Å². The van der Waals surface area contributed by atoms with Crippen LogP contribution in [0.25, 0.3) is 11.1 Å². The molecule has 2 aromatic rings. The molecule has 2 aromatic carbocycles. The second kappa shape index (κ2) is 23.5. The summed E-state index contributed by atoms with van der Waals surface area (Å²) in [5.41, 5.74) is 6.93. The third kappa shape index (κ3) is 15.5. The van der Waals surface area contributed by atoms with Gasteiger partial charge in [-0.1, -0.05) is 112 Å². The summed E-state index contributed by atoms with van der Waals surface area (Å²) >= 11 is 0. The average Bonchev–Trinajstić information content (AvgIpc) is 3.18. The van der Waals surface area contributed by atoms with Crippen LogP contribution in [0.4, 0.5) is 0 Å². The van der Waals surface area contributed by atoms with Crippen LogP contribution in [0.2, 0.25) is 0 Å². The number of aryl methyl sites for hydroxylation is 3. The van der Waals surface area contributed by atoms with Gasteiger partial charge >= 0.3 is 11.9 Å². The second-order valence-electron chi connectivity index (χ2n) is 19.6. The first-order valence-corrected chi connectivity index (χ1v) is 22.7. The van der Waals surface area contributed by atoms with Gasteiger partial charge in [-0.05, 0) is 146 Å². The number of rotatable bonds is 23. The largest absolute Gasteiger partial charge is 0.493 e. The fourth-order valence-electron chi connectivity index (χ4n) is 8.55. The van der Waals surface area contributed by atoms with Gasteiger partial charge in [-0.2, -0.15) is 0 Å². The molecule has 7 nitrogen and oxygen atoms in total. The van der Waals surface area contributed by atoms with Crippen LogP contribution < -0.4 is 4.74 Å². The highest BCUT2D eigenvalue weighted by Crippen LogP contribution is 2.41. The first kappa shape index (κ1) is 49.9. The molecule has 3 rings (SSSR count). The standard InChI is InChI=1S/C52H80O7/c1-13-15-16-19-37-22-24-39(25-23-37)40-26-27-44(38(14-2)32-40)43-33-41(20-17-29-58-49(55)35(3)4)46(42(34-43)21-18-30-59-50(56)36(5)6)57-31-28-45(47(53)51(7,8)9)48(54)52(10,11)12/h26-27,32-34,37,39,45,47-48,53-54H,3,5,13-25,28-31H2,1-2,4,6-12H3. The van der Waals surface area contributed by atoms with Crippen molar-refractivity contribution in [2.75, 3.05) is 19.8 Å². The third-order valence-electron chi connectivity index (χ3n) is 12.2. The van der Waals surface area contributed by atoms with Gasteiger partial charge in [0.05, 0.1) is 32.0 Å². The Kier molecular flexibility index (Phi) is 19.9. The Morgan fingerprint density at radius 1 is 0.729 bits per heavy atom. The van der Waals surface area contributed by atoms with E-state index < -0.39 is 40.9 Å². The van der Waals surface area contributed by atoms with Gasteiger partial charge < -0.3 is 24.4 Å². The maximum absolute atomic E-state index is 12.3. The molecule has 1 aliphatic carbocycles. The maximum Gasteiger partial charge on any atom is 0.333 e. The predicted molar refractivity (Wildman–Crippen MR) is 243 cm³/mol. The fourth-order valence-corrected chi connectivity index (χ4v) is 8.55. The molecule has 1 saturated carbocycles. The molecule has 0 amide bonds. The lowest BCUT2D eigenvalue weighted by Gasteiger charge is -2.40. The van der Waals surface area contributed by atoms with E-state index in [9.17, 15) is 19.8 Å². The number of carbonyl (C=O) groups excluding carboxylic acids is 2. The number of ether oxygens (including phenoxy) is 3. The van der Waals surface area contributed by atoms with Gasteiger partial charge in [0.15, 0.2) is 0 Å². The van der Waals surface area contributed by atoms with Crippen LogP contribution in [0.1, 0.15) is 168 Å². The van der Waals surface area contributed by atoms with E-state index in [2.05, 4.69) is 57.3 Å². The summed E-state index contributed by atoms with van der Waals surface area (Å²) in [5, 5.41) is 23.0. The number of hydrogen-bond acceptors (Lipinski definition) is 7.